The number of fused-ring (bicyclic) bond motifs is 1. The predicted molar refractivity (Wildman–Crippen MR) is 57.5 cm³/mol. The molecule has 0 amide bonds. The van der Waals surface area contributed by atoms with Crippen LogP contribution in [0.2, 0.25) is 0 Å². The van der Waals surface area contributed by atoms with Crippen LogP contribution in [-0.2, 0) is 0 Å². The lowest BCUT2D eigenvalue weighted by atomic mass is 9.97. The van der Waals surface area contributed by atoms with Crippen LogP contribution in [0.3, 0.4) is 0 Å². The minimum atomic E-state index is -0.527. The van der Waals surface area contributed by atoms with Crippen LogP contribution in [0.25, 0.3) is 0 Å². The van der Waals surface area contributed by atoms with Crippen molar-refractivity contribution in [1.82, 2.24) is 0 Å². The Bertz CT molecular complexity index is 383. The lowest BCUT2D eigenvalue weighted by Gasteiger charge is -2.24. The van der Waals surface area contributed by atoms with Gasteiger partial charge in [0, 0.05) is 5.56 Å². The summed E-state index contributed by atoms with van der Waals surface area (Å²) >= 11 is 0. The fourth-order valence-corrected chi connectivity index (χ4v) is 1.94. The molecule has 0 saturated heterocycles. The van der Waals surface area contributed by atoms with Crippen LogP contribution in [-0.4, -0.2) is 18.3 Å². The zero-order chi connectivity index (χ0) is 11.0. The number of hydrogen-bond acceptors (Lipinski definition) is 3. The van der Waals surface area contributed by atoms with E-state index < -0.39 is 6.10 Å². The van der Waals surface area contributed by atoms with E-state index in [1.54, 1.807) is 6.92 Å². The Balaban J connectivity index is 2.63. The molecule has 82 valence electrons. The monoisotopic (exact) mass is 208 g/mol. The van der Waals surface area contributed by atoms with E-state index in [1.165, 1.54) is 0 Å². The van der Waals surface area contributed by atoms with Gasteiger partial charge < -0.3 is 14.6 Å². The summed E-state index contributed by atoms with van der Waals surface area (Å²) in [5.41, 5.74) is 3.05. The van der Waals surface area contributed by atoms with Crippen molar-refractivity contribution in [2.24, 2.45) is 0 Å². The molecule has 0 saturated carbocycles. The van der Waals surface area contributed by atoms with Crippen LogP contribution in [0.1, 0.15) is 29.7 Å². The fraction of sp³-hybridized carbons (Fsp3) is 0.500. The molecule has 0 fully saturated rings. The van der Waals surface area contributed by atoms with E-state index in [2.05, 4.69) is 0 Å². The average molecular weight is 208 g/mol. The minimum Gasteiger partial charge on any atom is -0.486 e. The second-order valence-corrected chi connectivity index (χ2v) is 3.93. The van der Waals surface area contributed by atoms with Crippen molar-refractivity contribution in [1.29, 1.82) is 0 Å². The number of aliphatic hydroxyl groups is 1. The molecule has 3 nitrogen and oxygen atoms in total. The smallest absolute Gasteiger partial charge is 0.167 e. The highest BCUT2D eigenvalue weighted by Gasteiger charge is 2.22. The molecule has 1 aliphatic rings. The van der Waals surface area contributed by atoms with Gasteiger partial charge in [-0.05, 0) is 38.0 Å². The molecule has 0 aromatic heterocycles. The molecular weight excluding hydrogens is 192 g/mol. The second-order valence-electron chi connectivity index (χ2n) is 3.93. The zero-order valence-corrected chi connectivity index (χ0v) is 9.33. The summed E-state index contributed by atoms with van der Waals surface area (Å²) in [7, 11) is 0. The van der Waals surface area contributed by atoms with Crippen molar-refractivity contribution in [2.75, 3.05) is 13.2 Å². The van der Waals surface area contributed by atoms with E-state index in [4.69, 9.17) is 9.47 Å². The molecule has 15 heavy (non-hydrogen) atoms. The Morgan fingerprint density at radius 2 is 1.93 bits per heavy atom. The van der Waals surface area contributed by atoms with Gasteiger partial charge in [0.2, 0.25) is 0 Å². The topological polar surface area (TPSA) is 38.7 Å². The highest BCUT2D eigenvalue weighted by Crippen LogP contribution is 2.40. The lowest BCUT2D eigenvalue weighted by molar-refractivity contribution is 0.152. The summed E-state index contributed by atoms with van der Waals surface area (Å²) in [5.74, 6) is 1.46. The maximum Gasteiger partial charge on any atom is 0.167 e. The largest absolute Gasteiger partial charge is 0.486 e. The second kappa shape index (κ2) is 3.74. The van der Waals surface area contributed by atoms with Crippen molar-refractivity contribution in [2.45, 2.75) is 26.9 Å². The summed E-state index contributed by atoms with van der Waals surface area (Å²) in [6, 6.07) is 1.97. The van der Waals surface area contributed by atoms with Crippen molar-refractivity contribution in [3.8, 4) is 11.5 Å². The summed E-state index contributed by atoms with van der Waals surface area (Å²) in [6.45, 7) is 6.89. The Hall–Kier alpha value is -1.22. The zero-order valence-electron chi connectivity index (χ0n) is 9.33. The highest BCUT2D eigenvalue weighted by molar-refractivity contribution is 5.55. The normalized spacial score (nSPS) is 16.3. The molecule has 1 aliphatic heterocycles. The number of rotatable bonds is 1. The van der Waals surface area contributed by atoms with Crippen molar-refractivity contribution in [3.05, 3.63) is 22.8 Å². The quantitative estimate of drug-likeness (QED) is 0.768. The first-order chi connectivity index (χ1) is 7.11. The van der Waals surface area contributed by atoms with Crippen LogP contribution in [0.4, 0.5) is 0 Å². The molecule has 2 rings (SSSR count). The molecule has 1 N–H and O–H groups in total. The molecule has 0 spiro atoms. The van der Waals surface area contributed by atoms with E-state index in [9.17, 15) is 5.11 Å². The van der Waals surface area contributed by atoms with Crippen molar-refractivity contribution < 1.29 is 14.6 Å². The first kappa shape index (κ1) is 10.3. The maximum absolute atomic E-state index is 9.75. The van der Waals surface area contributed by atoms with E-state index in [-0.39, 0.29) is 0 Å². The molecule has 1 aromatic carbocycles. The Morgan fingerprint density at radius 3 is 2.60 bits per heavy atom. The Morgan fingerprint density at radius 1 is 1.27 bits per heavy atom. The summed E-state index contributed by atoms with van der Waals surface area (Å²) in [5, 5.41) is 9.75. The number of aliphatic hydroxyl groups excluding tert-OH is 1. The molecule has 3 heteroatoms. The molecule has 1 heterocycles. The van der Waals surface area contributed by atoms with Gasteiger partial charge in [0.25, 0.3) is 0 Å². The van der Waals surface area contributed by atoms with Crippen LogP contribution < -0.4 is 9.47 Å². The van der Waals surface area contributed by atoms with Gasteiger partial charge in [0.15, 0.2) is 11.5 Å². The van der Waals surface area contributed by atoms with E-state index in [0.29, 0.717) is 19.0 Å². The van der Waals surface area contributed by atoms with Crippen LogP contribution >= 0.6 is 0 Å². The predicted octanol–water partition coefficient (Wildman–Crippen LogP) is 2.13. The first-order valence-electron chi connectivity index (χ1n) is 5.19. The van der Waals surface area contributed by atoms with Gasteiger partial charge in [-0.25, -0.2) is 0 Å². The molecule has 0 bridgehead atoms. The molecule has 1 unspecified atom stereocenters. The molecule has 1 aromatic rings. The minimum absolute atomic E-state index is 0.527. The summed E-state index contributed by atoms with van der Waals surface area (Å²) in [4.78, 5) is 0. The Kier molecular flexibility index (Phi) is 2.57. The molecule has 0 aliphatic carbocycles. The highest BCUT2D eigenvalue weighted by atomic mass is 16.6. The molecule has 0 radical (unpaired) electrons. The van der Waals surface area contributed by atoms with Gasteiger partial charge in [0.1, 0.15) is 13.2 Å². The van der Waals surface area contributed by atoms with Crippen LogP contribution in [0.15, 0.2) is 6.07 Å². The standard InChI is InChI=1S/C12H16O3/c1-7-6-10-12(15-5-4-14-10)11(8(7)2)9(3)13/h6,9,13H,4-5H2,1-3H3. The van der Waals surface area contributed by atoms with Crippen molar-refractivity contribution in [3.63, 3.8) is 0 Å². The van der Waals surface area contributed by atoms with Crippen molar-refractivity contribution >= 4 is 0 Å². The van der Waals surface area contributed by atoms with Gasteiger partial charge >= 0.3 is 0 Å². The SMILES string of the molecule is Cc1cc2c(c(C(C)O)c1C)OCCO2. The molecule has 1 atom stereocenters. The third-order valence-corrected chi connectivity index (χ3v) is 2.82. The third-order valence-electron chi connectivity index (χ3n) is 2.82. The van der Waals surface area contributed by atoms with Gasteiger partial charge in [0.05, 0.1) is 6.10 Å². The van der Waals surface area contributed by atoms with E-state index >= 15 is 0 Å². The summed E-state index contributed by atoms with van der Waals surface area (Å²) in [6.07, 6.45) is -0.527. The number of ether oxygens (including phenoxy) is 2. The number of benzene rings is 1. The Labute approximate surface area is 89.6 Å². The summed E-state index contributed by atoms with van der Waals surface area (Å²) < 4.78 is 11.1. The van der Waals surface area contributed by atoms with E-state index in [1.807, 2.05) is 19.9 Å². The lowest BCUT2D eigenvalue weighted by Crippen LogP contribution is -2.18. The average Bonchev–Trinajstić information content (AvgIpc) is 2.19. The fourth-order valence-electron chi connectivity index (χ4n) is 1.94. The van der Waals surface area contributed by atoms with Crippen LogP contribution in [0.5, 0.6) is 11.5 Å². The number of aryl methyl sites for hydroxylation is 1. The van der Waals surface area contributed by atoms with Gasteiger partial charge in [-0.3, -0.25) is 0 Å². The third kappa shape index (κ3) is 1.67. The maximum atomic E-state index is 9.75. The van der Waals surface area contributed by atoms with Gasteiger partial charge in [-0.15, -0.1) is 0 Å². The van der Waals surface area contributed by atoms with Crippen LogP contribution in [0, 0.1) is 13.8 Å². The first-order valence-corrected chi connectivity index (χ1v) is 5.19. The number of hydrogen-bond donors (Lipinski definition) is 1. The molecular formula is C12H16O3. The van der Waals surface area contributed by atoms with E-state index in [0.717, 1.165) is 22.4 Å². The van der Waals surface area contributed by atoms with Gasteiger partial charge in [-0.1, -0.05) is 0 Å². The van der Waals surface area contributed by atoms with Gasteiger partial charge in [-0.2, -0.15) is 0 Å².